The van der Waals surface area contributed by atoms with Crippen molar-refractivity contribution in [2.24, 2.45) is 0 Å². The number of halogens is 2. The molecule has 0 amide bonds. The van der Waals surface area contributed by atoms with E-state index in [1.54, 1.807) is 0 Å². The van der Waals surface area contributed by atoms with Crippen LogP contribution < -0.4 is 4.74 Å². The molecule has 0 aliphatic carbocycles. The summed E-state index contributed by atoms with van der Waals surface area (Å²) < 4.78 is 6.93. The van der Waals surface area contributed by atoms with Gasteiger partial charge in [0.25, 0.3) is 0 Å². The molecule has 100 valence electrons. The van der Waals surface area contributed by atoms with Crippen LogP contribution in [0.5, 0.6) is 11.6 Å². The van der Waals surface area contributed by atoms with Crippen molar-refractivity contribution in [3.8, 4) is 11.6 Å². The number of benzene rings is 2. The average molecular weight is 396 g/mol. The maximum absolute atomic E-state index is 6.03. The van der Waals surface area contributed by atoms with Crippen LogP contribution in [0.3, 0.4) is 0 Å². The van der Waals surface area contributed by atoms with Gasteiger partial charge in [-0.15, -0.1) is 11.6 Å². The van der Waals surface area contributed by atoms with E-state index in [1.165, 1.54) is 0 Å². The summed E-state index contributed by atoms with van der Waals surface area (Å²) in [5, 5.41) is 1.07. The standard InChI is InChI=1S/C16H11ClINO/c17-10-11-9-16(19-14-7-3-1-5-12(11)14)20-15-8-4-2-6-13(15)18/h1-9H,10H2. The molecule has 0 saturated heterocycles. The van der Waals surface area contributed by atoms with Gasteiger partial charge in [0, 0.05) is 17.3 Å². The van der Waals surface area contributed by atoms with Gasteiger partial charge in [-0.05, 0) is 46.4 Å². The predicted molar refractivity (Wildman–Crippen MR) is 90.5 cm³/mol. The molecule has 0 atom stereocenters. The molecule has 2 aromatic carbocycles. The van der Waals surface area contributed by atoms with Crippen molar-refractivity contribution in [2.45, 2.75) is 5.88 Å². The minimum Gasteiger partial charge on any atom is -0.438 e. The van der Waals surface area contributed by atoms with Crippen molar-refractivity contribution in [2.75, 3.05) is 0 Å². The zero-order valence-corrected chi connectivity index (χ0v) is 13.4. The normalized spacial score (nSPS) is 10.7. The van der Waals surface area contributed by atoms with E-state index >= 15 is 0 Å². The van der Waals surface area contributed by atoms with Gasteiger partial charge >= 0.3 is 0 Å². The fraction of sp³-hybridized carbons (Fsp3) is 0.0625. The van der Waals surface area contributed by atoms with Gasteiger partial charge in [-0.1, -0.05) is 30.3 Å². The maximum Gasteiger partial charge on any atom is 0.220 e. The topological polar surface area (TPSA) is 22.1 Å². The Morgan fingerprint density at radius 3 is 2.60 bits per heavy atom. The average Bonchev–Trinajstić information content (AvgIpc) is 2.49. The van der Waals surface area contributed by atoms with Crippen molar-refractivity contribution in [1.82, 2.24) is 4.98 Å². The van der Waals surface area contributed by atoms with Crippen LogP contribution in [0, 0.1) is 3.57 Å². The molecule has 3 aromatic rings. The number of nitrogens with zero attached hydrogens (tertiary/aromatic N) is 1. The molecule has 4 heteroatoms. The van der Waals surface area contributed by atoms with Crippen LogP contribution in [0.2, 0.25) is 0 Å². The van der Waals surface area contributed by atoms with Crippen molar-refractivity contribution in [3.05, 3.63) is 63.7 Å². The van der Waals surface area contributed by atoms with Gasteiger partial charge in [-0.25, -0.2) is 4.98 Å². The number of alkyl halides is 1. The highest BCUT2D eigenvalue weighted by Crippen LogP contribution is 2.29. The van der Waals surface area contributed by atoms with Gasteiger partial charge < -0.3 is 4.74 Å². The Balaban J connectivity index is 2.06. The van der Waals surface area contributed by atoms with Gasteiger partial charge in [-0.3, -0.25) is 0 Å². The lowest BCUT2D eigenvalue weighted by Gasteiger charge is -2.10. The van der Waals surface area contributed by atoms with Crippen LogP contribution >= 0.6 is 34.2 Å². The Kier molecular flexibility index (Phi) is 4.08. The second-order valence-electron chi connectivity index (χ2n) is 4.30. The smallest absolute Gasteiger partial charge is 0.220 e. The fourth-order valence-electron chi connectivity index (χ4n) is 2.02. The third-order valence-corrected chi connectivity index (χ3v) is 4.15. The molecular weight excluding hydrogens is 385 g/mol. The van der Waals surface area contributed by atoms with Crippen molar-refractivity contribution in [3.63, 3.8) is 0 Å². The molecule has 0 bridgehead atoms. The van der Waals surface area contributed by atoms with E-state index < -0.39 is 0 Å². The highest BCUT2D eigenvalue weighted by molar-refractivity contribution is 14.1. The van der Waals surface area contributed by atoms with E-state index in [2.05, 4.69) is 27.6 Å². The Bertz CT molecular complexity index is 760. The van der Waals surface area contributed by atoms with E-state index in [1.807, 2.05) is 54.6 Å². The number of ether oxygens (including phenoxy) is 1. The van der Waals surface area contributed by atoms with E-state index in [0.717, 1.165) is 25.8 Å². The summed E-state index contributed by atoms with van der Waals surface area (Å²) in [5.41, 5.74) is 1.92. The summed E-state index contributed by atoms with van der Waals surface area (Å²) in [6.07, 6.45) is 0. The monoisotopic (exact) mass is 395 g/mol. The third kappa shape index (κ3) is 2.74. The Morgan fingerprint density at radius 2 is 1.80 bits per heavy atom. The van der Waals surface area contributed by atoms with Crippen molar-refractivity contribution < 1.29 is 4.74 Å². The number of para-hydroxylation sites is 2. The molecule has 0 unspecified atom stereocenters. The number of hydrogen-bond acceptors (Lipinski definition) is 2. The number of pyridine rings is 1. The summed E-state index contributed by atoms with van der Waals surface area (Å²) in [7, 11) is 0. The lowest BCUT2D eigenvalue weighted by molar-refractivity contribution is 0.461. The Hall–Kier alpha value is -1.33. The molecule has 3 rings (SSSR count). The van der Waals surface area contributed by atoms with Crippen LogP contribution in [0.1, 0.15) is 5.56 Å². The molecule has 2 nitrogen and oxygen atoms in total. The number of hydrogen-bond donors (Lipinski definition) is 0. The van der Waals surface area contributed by atoms with Crippen molar-refractivity contribution >= 4 is 45.1 Å². The van der Waals surface area contributed by atoms with Crippen LogP contribution in [0.4, 0.5) is 0 Å². The van der Waals surface area contributed by atoms with E-state index in [0.29, 0.717) is 11.8 Å². The summed E-state index contributed by atoms with van der Waals surface area (Å²) in [6.45, 7) is 0. The molecule has 1 heterocycles. The van der Waals surface area contributed by atoms with Crippen LogP contribution in [0.15, 0.2) is 54.6 Å². The first kappa shape index (κ1) is 13.6. The fourth-order valence-corrected chi connectivity index (χ4v) is 2.74. The molecule has 0 spiro atoms. The van der Waals surface area contributed by atoms with Gasteiger partial charge in [0.15, 0.2) is 0 Å². The summed E-state index contributed by atoms with van der Waals surface area (Å²) in [6, 6.07) is 17.7. The van der Waals surface area contributed by atoms with E-state index in [9.17, 15) is 0 Å². The quantitative estimate of drug-likeness (QED) is 0.439. The first-order valence-corrected chi connectivity index (χ1v) is 7.76. The lowest BCUT2D eigenvalue weighted by atomic mass is 10.1. The largest absolute Gasteiger partial charge is 0.438 e. The van der Waals surface area contributed by atoms with Crippen LogP contribution in [0.25, 0.3) is 10.9 Å². The van der Waals surface area contributed by atoms with Gasteiger partial charge in [0.2, 0.25) is 5.88 Å². The molecule has 20 heavy (non-hydrogen) atoms. The molecule has 1 aromatic heterocycles. The SMILES string of the molecule is ClCc1cc(Oc2ccccc2I)nc2ccccc12. The maximum atomic E-state index is 6.03. The van der Waals surface area contributed by atoms with Crippen LogP contribution in [-0.2, 0) is 5.88 Å². The van der Waals surface area contributed by atoms with Gasteiger partial charge in [0.05, 0.1) is 9.09 Å². The molecule has 0 aliphatic heterocycles. The molecule has 0 fully saturated rings. The van der Waals surface area contributed by atoms with Crippen LogP contribution in [-0.4, -0.2) is 4.98 Å². The van der Waals surface area contributed by atoms with Gasteiger partial charge in [0.1, 0.15) is 5.75 Å². The number of aromatic nitrogens is 1. The Morgan fingerprint density at radius 1 is 1.05 bits per heavy atom. The predicted octanol–water partition coefficient (Wildman–Crippen LogP) is 5.37. The molecule has 0 aliphatic rings. The van der Waals surface area contributed by atoms with Crippen molar-refractivity contribution in [1.29, 1.82) is 0 Å². The highest BCUT2D eigenvalue weighted by atomic mass is 127. The van der Waals surface area contributed by atoms with E-state index in [-0.39, 0.29) is 0 Å². The molecule has 0 N–H and O–H groups in total. The lowest BCUT2D eigenvalue weighted by Crippen LogP contribution is -1.93. The van der Waals surface area contributed by atoms with E-state index in [4.69, 9.17) is 16.3 Å². The summed E-state index contributed by atoms with van der Waals surface area (Å²) >= 11 is 8.27. The molecule has 0 saturated carbocycles. The molecule has 0 radical (unpaired) electrons. The third-order valence-electron chi connectivity index (χ3n) is 2.97. The summed E-state index contributed by atoms with van der Waals surface area (Å²) in [5.74, 6) is 1.81. The second-order valence-corrected chi connectivity index (χ2v) is 5.73. The second kappa shape index (κ2) is 5.97. The number of fused-ring (bicyclic) bond motifs is 1. The summed E-state index contributed by atoms with van der Waals surface area (Å²) in [4.78, 5) is 4.54. The first-order valence-electron chi connectivity index (χ1n) is 6.15. The van der Waals surface area contributed by atoms with Gasteiger partial charge in [-0.2, -0.15) is 0 Å². The zero-order valence-electron chi connectivity index (χ0n) is 10.5. The minimum atomic E-state index is 0.436. The first-order chi connectivity index (χ1) is 9.78. The molecular formula is C16H11ClINO. The minimum absolute atomic E-state index is 0.436. The zero-order chi connectivity index (χ0) is 13.9. The highest BCUT2D eigenvalue weighted by Gasteiger charge is 2.08. The number of rotatable bonds is 3. The Labute approximate surface area is 135 Å².